The molecule has 104 valence electrons. The molecule has 1 amide bonds. The van der Waals surface area contributed by atoms with Gasteiger partial charge in [0.1, 0.15) is 10.6 Å². The first kappa shape index (κ1) is 13.6. The van der Waals surface area contributed by atoms with Crippen LogP contribution < -0.4 is 10.0 Å². The van der Waals surface area contributed by atoms with Gasteiger partial charge < -0.3 is 15.4 Å². The lowest BCUT2D eigenvalue weighted by Gasteiger charge is -2.22. The molecule has 19 heavy (non-hydrogen) atoms. The van der Waals surface area contributed by atoms with E-state index in [2.05, 4.69) is 15.0 Å². The molecule has 1 unspecified atom stereocenters. The molecule has 0 spiro atoms. The smallest absolute Gasteiger partial charge is 0.352 e. The highest BCUT2D eigenvalue weighted by atomic mass is 32.2. The van der Waals surface area contributed by atoms with Crippen molar-refractivity contribution in [2.24, 2.45) is 0 Å². The predicted octanol–water partition coefficient (Wildman–Crippen LogP) is -0.730. The number of amides is 1. The lowest BCUT2D eigenvalue weighted by Crippen LogP contribution is -2.47. The van der Waals surface area contributed by atoms with Crippen LogP contribution in [0.1, 0.15) is 23.3 Å². The Labute approximate surface area is 109 Å². The highest BCUT2D eigenvalue weighted by Gasteiger charge is 2.25. The van der Waals surface area contributed by atoms with E-state index < -0.39 is 16.0 Å². The first-order valence-corrected chi connectivity index (χ1v) is 7.07. The maximum absolute atomic E-state index is 12.0. The van der Waals surface area contributed by atoms with Crippen molar-refractivity contribution in [2.75, 3.05) is 6.54 Å². The van der Waals surface area contributed by atoms with E-state index in [1.165, 1.54) is 0 Å². The minimum atomic E-state index is -3.79. The van der Waals surface area contributed by atoms with Crippen LogP contribution in [0.5, 0.6) is 0 Å². The van der Waals surface area contributed by atoms with Gasteiger partial charge in [0, 0.05) is 25.2 Å². The fourth-order valence-electron chi connectivity index (χ4n) is 1.77. The third-order valence-corrected chi connectivity index (χ3v) is 4.28. The molecular weight excluding hydrogens is 274 g/mol. The monoisotopic (exact) mass is 287 g/mol. The normalized spacial score (nSPS) is 20.0. The van der Waals surface area contributed by atoms with Crippen LogP contribution in [0.25, 0.3) is 0 Å². The van der Waals surface area contributed by atoms with Crippen LogP contribution in [-0.4, -0.2) is 43.0 Å². The third-order valence-electron chi connectivity index (χ3n) is 2.78. The molecule has 0 aliphatic carbocycles. The first-order chi connectivity index (χ1) is 8.88. The number of piperidine rings is 1. The number of hydrogen-bond acceptors (Lipinski definition) is 4. The second-order valence-corrected chi connectivity index (χ2v) is 5.93. The number of H-pyrrole nitrogens is 1. The molecule has 0 bridgehead atoms. The molecule has 1 aromatic rings. The Hall–Kier alpha value is -1.87. The molecule has 1 aliphatic rings. The van der Waals surface area contributed by atoms with Crippen LogP contribution in [0.15, 0.2) is 17.2 Å². The molecule has 0 radical (unpaired) electrons. The number of aromatic carboxylic acids is 1. The molecule has 1 saturated heterocycles. The highest BCUT2D eigenvalue weighted by Crippen LogP contribution is 2.13. The van der Waals surface area contributed by atoms with Crippen molar-refractivity contribution in [3.8, 4) is 0 Å². The minimum absolute atomic E-state index is 0.106. The third kappa shape index (κ3) is 3.12. The molecule has 9 heteroatoms. The molecule has 2 rings (SSSR count). The van der Waals surface area contributed by atoms with Gasteiger partial charge in [-0.2, -0.15) is 0 Å². The summed E-state index contributed by atoms with van der Waals surface area (Å²) in [5, 5.41) is 11.3. The van der Waals surface area contributed by atoms with Gasteiger partial charge in [-0.1, -0.05) is 0 Å². The zero-order chi connectivity index (χ0) is 14.0. The molecule has 1 fully saturated rings. The number of aromatic nitrogens is 1. The summed E-state index contributed by atoms with van der Waals surface area (Å²) < 4.78 is 26.4. The number of hydrogen-bond donors (Lipinski definition) is 4. The van der Waals surface area contributed by atoms with E-state index in [0.717, 1.165) is 12.3 Å². The van der Waals surface area contributed by atoms with Crippen LogP contribution >= 0.6 is 0 Å². The molecular formula is C10H13N3O5S. The molecule has 4 N–H and O–H groups in total. The number of sulfonamides is 1. The van der Waals surface area contributed by atoms with Gasteiger partial charge in [-0.3, -0.25) is 4.79 Å². The fraction of sp³-hybridized carbons (Fsp3) is 0.400. The number of carbonyl (C=O) groups is 2. The van der Waals surface area contributed by atoms with Crippen LogP contribution in [0.2, 0.25) is 0 Å². The summed E-state index contributed by atoms with van der Waals surface area (Å²) in [5.41, 5.74) is -0.197. The SMILES string of the molecule is O=C1CCC(NS(=O)(=O)c2c[nH]c(C(=O)O)c2)CN1. The lowest BCUT2D eigenvalue weighted by atomic mass is 10.1. The average Bonchev–Trinajstić information content (AvgIpc) is 2.82. The van der Waals surface area contributed by atoms with Gasteiger partial charge in [-0.25, -0.2) is 17.9 Å². The van der Waals surface area contributed by atoms with Crippen molar-refractivity contribution < 1.29 is 23.1 Å². The maximum atomic E-state index is 12.0. The average molecular weight is 287 g/mol. The number of nitrogens with one attached hydrogen (secondary N) is 3. The maximum Gasteiger partial charge on any atom is 0.352 e. The van der Waals surface area contributed by atoms with Gasteiger partial charge in [-0.05, 0) is 12.5 Å². The van der Waals surface area contributed by atoms with E-state index in [1.807, 2.05) is 0 Å². The molecule has 8 nitrogen and oxygen atoms in total. The second kappa shape index (κ2) is 5.02. The zero-order valence-corrected chi connectivity index (χ0v) is 10.7. The molecule has 2 heterocycles. The Morgan fingerprint density at radius 1 is 1.47 bits per heavy atom. The number of carbonyl (C=O) groups excluding carboxylic acids is 1. The Balaban J connectivity index is 2.09. The molecule has 0 aromatic carbocycles. The minimum Gasteiger partial charge on any atom is -0.477 e. The summed E-state index contributed by atoms with van der Waals surface area (Å²) in [7, 11) is -3.79. The van der Waals surface area contributed by atoms with Crippen LogP contribution in [0.3, 0.4) is 0 Å². The standard InChI is InChI=1S/C10H13N3O5S/c14-9-2-1-6(4-12-9)13-19(17,18)7-3-8(10(15)16)11-5-7/h3,5-6,11,13H,1-2,4H2,(H,12,14)(H,15,16). The summed E-state index contributed by atoms with van der Waals surface area (Å²) in [6.07, 6.45) is 1.80. The Bertz CT molecular complexity index is 596. The van der Waals surface area contributed by atoms with E-state index in [0.29, 0.717) is 6.42 Å². The number of aromatic amines is 1. The second-order valence-electron chi connectivity index (χ2n) is 4.22. The zero-order valence-electron chi connectivity index (χ0n) is 9.84. The quantitative estimate of drug-likeness (QED) is 0.580. The van der Waals surface area contributed by atoms with Crippen LogP contribution in [0, 0.1) is 0 Å². The molecule has 1 aliphatic heterocycles. The van der Waals surface area contributed by atoms with Gasteiger partial charge in [0.2, 0.25) is 15.9 Å². The topological polar surface area (TPSA) is 128 Å². The van der Waals surface area contributed by atoms with E-state index >= 15 is 0 Å². The van der Waals surface area contributed by atoms with Crippen molar-refractivity contribution in [3.63, 3.8) is 0 Å². The number of carboxylic acids is 1. The van der Waals surface area contributed by atoms with Gasteiger partial charge in [0.25, 0.3) is 0 Å². The van der Waals surface area contributed by atoms with Gasteiger partial charge >= 0.3 is 5.97 Å². The van der Waals surface area contributed by atoms with E-state index in [4.69, 9.17) is 5.11 Å². The van der Waals surface area contributed by atoms with Gasteiger partial charge in [-0.15, -0.1) is 0 Å². The largest absolute Gasteiger partial charge is 0.477 e. The van der Waals surface area contributed by atoms with Crippen molar-refractivity contribution in [3.05, 3.63) is 18.0 Å². The summed E-state index contributed by atoms with van der Waals surface area (Å²) in [6, 6.07) is 0.664. The van der Waals surface area contributed by atoms with Crippen LogP contribution in [-0.2, 0) is 14.8 Å². The summed E-state index contributed by atoms with van der Waals surface area (Å²) in [6.45, 7) is 0.230. The van der Waals surface area contributed by atoms with Crippen LogP contribution in [0.4, 0.5) is 0 Å². The summed E-state index contributed by atoms with van der Waals surface area (Å²) in [4.78, 5) is 23.9. The molecule has 1 aromatic heterocycles. The summed E-state index contributed by atoms with van der Waals surface area (Å²) in [5.74, 6) is -1.34. The van der Waals surface area contributed by atoms with Crippen molar-refractivity contribution in [1.29, 1.82) is 0 Å². The summed E-state index contributed by atoms with van der Waals surface area (Å²) >= 11 is 0. The van der Waals surface area contributed by atoms with E-state index in [9.17, 15) is 18.0 Å². The Morgan fingerprint density at radius 2 is 2.21 bits per heavy atom. The van der Waals surface area contributed by atoms with Crippen molar-refractivity contribution >= 4 is 21.9 Å². The Kier molecular flexibility index (Phi) is 3.58. The van der Waals surface area contributed by atoms with E-state index in [-0.39, 0.29) is 35.5 Å². The molecule has 0 saturated carbocycles. The predicted molar refractivity (Wildman–Crippen MR) is 64.1 cm³/mol. The number of rotatable bonds is 4. The Morgan fingerprint density at radius 3 is 2.74 bits per heavy atom. The first-order valence-electron chi connectivity index (χ1n) is 5.59. The lowest BCUT2D eigenvalue weighted by molar-refractivity contribution is -0.122. The van der Waals surface area contributed by atoms with Gasteiger partial charge in [0.15, 0.2) is 0 Å². The van der Waals surface area contributed by atoms with E-state index in [1.54, 1.807) is 0 Å². The molecule has 1 atom stereocenters. The van der Waals surface area contributed by atoms with Crippen molar-refractivity contribution in [1.82, 2.24) is 15.0 Å². The number of carboxylic acid groups (broad SMARTS) is 1. The fourth-order valence-corrected chi connectivity index (χ4v) is 3.04. The van der Waals surface area contributed by atoms with Gasteiger partial charge in [0.05, 0.1) is 0 Å². The highest BCUT2D eigenvalue weighted by molar-refractivity contribution is 7.89. The van der Waals surface area contributed by atoms with Crippen molar-refractivity contribution in [2.45, 2.75) is 23.8 Å².